The average molecular weight is 217 g/mol. The van der Waals surface area contributed by atoms with E-state index in [-0.39, 0.29) is 6.10 Å². The quantitative estimate of drug-likeness (QED) is 0.689. The number of likely N-dealkylation sites (tertiary alicyclic amines) is 1. The van der Waals surface area contributed by atoms with Crippen molar-refractivity contribution in [1.29, 1.82) is 0 Å². The highest BCUT2D eigenvalue weighted by Gasteiger charge is 2.26. The molecule has 2 heterocycles. The Kier molecular flexibility index (Phi) is 3.57. The number of piperidine rings is 1. The summed E-state index contributed by atoms with van der Waals surface area (Å²) in [6, 6.07) is 0.639. The first-order chi connectivity index (χ1) is 6.75. The molecule has 0 spiro atoms. The molecule has 82 valence electrons. The standard InChI is InChI=1S/C10H19NO2S/c12-10-1-5-11(6-2-10)9-3-7-14(13)8-4-9/h9-10,12H,1-8H2. The summed E-state index contributed by atoms with van der Waals surface area (Å²) >= 11 is 0. The van der Waals surface area contributed by atoms with Crippen LogP contribution in [0.1, 0.15) is 25.7 Å². The zero-order valence-electron chi connectivity index (χ0n) is 8.52. The molecule has 1 N–H and O–H groups in total. The Hall–Kier alpha value is 0.0700. The Morgan fingerprint density at radius 2 is 1.64 bits per heavy atom. The van der Waals surface area contributed by atoms with Crippen LogP contribution < -0.4 is 0 Å². The molecule has 2 aliphatic heterocycles. The number of nitrogens with zero attached hydrogens (tertiary/aromatic N) is 1. The maximum absolute atomic E-state index is 11.2. The Labute approximate surface area is 87.9 Å². The molecule has 2 aliphatic rings. The van der Waals surface area contributed by atoms with Crippen molar-refractivity contribution in [2.45, 2.75) is 37.8 Å². The first-order valence-electron chi connectivity index (χ1n) is 5.53. The molecule has 3 nitrogen and oxygen atoms in total. The molecule has 0 aromatic rings. The maximum atomic E-state index is 11.2. The topological polar surface area (TPSA) is 40.5 Å². The minimum absolute atomic E-state index is 0.0797. The van der Waals surface area contributed by atoms with Crippen LogP contribution in [0.2, 0.25) is 0 Å². The summed E-state index contributed by atoms with van der Waals surface area (Å²) in [5.74, 6) is 1.76. The fraction of sp³-hybridized carbons (Fsp3) is 1.00. The van der Waals surface area contributed by atoms with Crippen molar-refractivity contribution in [1.82, 2.24) is 4.90 Å². The molecule has 0 aliphatic carbocycles. The van der Waals surface area contributed by atoms with Crippen molar-refractivity contribution < 1.29 is 9.32 Å². The lowest BCUT2D eigenvalue weighted by atomic mass is 10.0. The first-order valence-corrected chi connectivity index (χ1v) is 7.01. The van der Waals surface area contributed by atoms with E-state index in [9.17, 15) is 9.32 Å². The van der Waals surface area contributed by atoms with Gasteiger partial charge < -0.3 is 10.0 Å². The van der Waals surface area contributed by atoms with E-state index in [1.54, 1.807) is 0 Å². The second-order valence-electron chi connectivity index (χ2n) is 4.35. The highest BCUT2D eigenvalue weighted by Crippen LogP contribution is 2.20. The molecule has 0 unspecified atom stereocenters. The Morgan fingerprint density at radius 3 is 2.21 bits per heavy atom. The van der Waals surface area contributed by atoms with E-state index in [1.165, 1.54) is 0 Å². The number of aliphatic hydroxyl groups excluding tert-OH is 1. The third-order valence-corrected chi connectivity index (χ3v) is 4.76. The van der Waals surface area contributed by atoms with Gasteiger partial charge in [0.2, 0.25) is 0 Å². The molecule has 0 bridgehead atoms. The van der Waals surface area contributed by atoms with Crippen LogP contribution in [0.4, 0.5) is 0 Å². The summed E-state index contributed by atoms with van der Waals surface area (Å²) in [7, 11) is -0.548. The van der Waals surface area contributed by atoms with Gasteiger partial charge in [0.15, 0.2) is 0 Å². The lowest BCUT2D eigenvalue weighted by Gasteiger charge is -2.37. The fourth-order valence-corrected chi connectivity index (χ4v) is 3.67. The van der Waals surface area contributed by atoms with Gasteiger partial charge in [-0.15, -0.1) is 0 Å². The van der Waals surface area contributed by atoms with Crippen molar-refractivity contribution in [2.75, 3.05) is 24.6 Å². The van der Waals surface area contributed by atoms with Crippen LogP contribution in [0, 0.1) is 0 Å². The molecule has 2 saturated heterocycles. The Bertz CT molecular complexity index is 204. The highest BCUT2D eigenvalue weighted by atomic mass is 32.2. The number of hydrogen-bond donors (Lipinski definition) is 1. The molecule has 0 amide bonds. The van der Waals surface area contributed by atoms with E-state index in [1.807, 2.05) is 0 Å². The summed E-state index contributed by atoms with van der Waals surface area (Å²) < 4.78 is 11.2. The summed E-state index contributed by atoms with van der Waals surface area (Å²) in [5, 5.41) is 9.39. The van der Waals surface area contributed by atoms with Crippen molar-refractivity contribution in [3.8, 4) is 0 Å². The molecule has 0 aromatic carbocycles. The van der Waals surface area contributed by atoms with Gasteiger partial charge >= 0.3 is 0 Å². The number of aliphatic hydroxyl groups is 1. The molecule has 2 rings (SSSR count). The summed E-state index contributed by atoms with van der Waals surface area (Å²) in [6.45, 7) is 2.05. The van der Waals surface area contributed by atoms with Gasteiger partial charge in [-0.1, -0.05) is 0 Å². The highest BCUT2D eigenvalue weighted by molar-refractivity contribution is 7.85. The molecule has 2 fully saturated rings. The largest absolute Gasteiger partial charge is 0.393 e. The predicted octanol–water partition coefficient (Wildman–Crippen LogP) is 0.354. The van der Waals surface area contributed by atoms with Crippen molar-refractivity contribution in [2.24, 2.45) is 0 Å². The van der Waals surface area contributed by atoms with Gasteiger partial charge in [-0.25, -0.2) is 0 Å². The lowest BCUT2D eigenvalue weighted by molar-refractivity contribution is 0.0582. The number of hydrogen-bond acceptors (Lipinski definition) is 3. The van der Waals surface area contributed by atoms with Gasteiger partial charge in [-0.2, -0.15) is 0 Å². The van der Waals surface area contributed by atoms with Crippen LogP contribution in [0.3, 0.4) is 0 Å². The van der Waals surface area contributed by atoms with Crippen LogP contribution in [0.15, 0.2) is 0 Å². The van der Waals surface area contributed by atoms with E-state index in [2.05, 4.69) is 4.90 Å². The van der Waals surface area contributed by atoms with Gasteiger partial charge in [0.05, 0.1) is 6.10 Å². The molecular formula is C10H19NO2S. The van der Waals surface area contributed by atoms with E-state index in [4.69, 9.17) is 0 Å². The van der Waals surface area contributed by atoms with Crippen molar-refractivity contribution in [3.05, 3.63) is 0 Å². The van der Waals surface area contributed by atoms with E-state index in [0.717, 1.165) is 50.3 Å². The van der Waals surface area contributed by atoms with Crippen LogP contribution >= 0.6 is 0 Å². The van der Waals surface area contributed by atoms with E-state index >= 15 is 0 Å². The van der Waals surface area contributed by atoms with Gasteiger partial charge in [-0.05, 0) is 25.7 Å². The summed E-state index contributed by atoms with van der Waals surface area (Å²) in [5.41, 5.74) is 0. The molecular weight excluding hydrogens is 198 g/mol. The molecule has 0 saturated carbocycles. The summed E-state index contributed by atoms with van der Waals surface area (Å²) in [6.07, 6.45) is 3.92. The molecule has 0 radical (unpaired) electrons. The first kappa shape index (κ1) is 10.6. The van der Waals surface area contributed by atoms with Gasteiger partial charge in [0, 0.05) is 41.4 Å². The third-order valence-electron chi connectivity index (χ3n) is 3.37. The molecule has 0 aromatic heterocycles. The van der Waals surface area contributed by atoms with E-state index in [0.29, 0.717) is 6.04 Å². The molecule has 14 heavy (non-hydrogen) atoms. The second kappa shape index (κ2) is 4.73. The van der Waals surface area contributed by atoms with Gasteiger partial charge in [-0.3, -0.25) is 4.21 Å². The van der Waals surface area contributed by atoms with Crippen LogP contribution in [0.5, 0.6) is 0 Å². The van der Waals surface area contributed by atoms with Crippen LogP contribution in [0.25, 0.3) is 0 Å². The van der Waals surface area contributed by atoms with E-state index < -0.39 is 10.8 Å². The smallest absolute Gasteiger partial charge is 0.0564 e. The fourth-order valence-electron chi connectivity index (χ4n) is 2.40. The molecule has 4 heteroatoms. The minimum atomic E-state index is -0.548. The summed E-state index contributed by atoms with van der Waals surface area (Å²) in [4.78, 5) is 2.48. The van der Waals surface area contributed by atoms with Gasteiger partial charge in [0.1, 0.15) is 0 Å². The predicted molar refractivity (Wildman–Crippen MR) is 57.7 cm³/mol. The van der Waals surface area contributed by atoms with Crippen LogP contribution in [-0.2, 0) is 10.8 Å². The second-order valence-corrected chi connectivity index (χ2v) is 6.04. The van der Waals surface area contributed by atoms with Crippen molar-refractivity contribution >= 4 is 10.8 Å². The lowest BCUT2D eigenvalue weighted by Crippen LogP contribution is -2.45. The number of rotatable bonds is 1. The Morgan fingerprint density at radius 1 is 1.07 bits per heavy atom. The monoisotopic (exact) mass is 217 g/mol. The molecule has 0 atom stereocenters. The van der Waals surface area contributed by atoms with Gasteiger partial charge in [0.25, 0.3) is 0 Å². The normalized spacial score (nSPS) is 37.2. The minimum Gasteiger partial charge on any atom is -0.393 e. The third kappa shape index (κ3) is 2.55. The van der Waals surface area contributed by atoms with Crippen LogP contribution in [-0.4, -0.2) is 51.0 Å². The Balaban J connectivity index is 1.81. The zero-order valence-corrected chi connectivity index (χ0v) is 9.34. The van der Waals surface area contributed by atoms with Crippen molar-refractivity contribution in [3.63, 3.8) is 0 Å². The maximum Gasteiger partial charge on any atom is 0.0564 e. The zero-order chi connectivity index (χ0) is 9.97. The average Bonchev–Trinajstić information content (AvgIpc) is 2.21. The SMILES string of the molecule is O=S1CCC(N2CCC(O)CC2)CC1.